The summed E-state index contributed by atoms with van der Waals surface area (Å²) in [6.45, 7) is 2.05. The van der Waals surface area contributed by atoms with Gasteiger partial charge in [-0.15, -0.1) is 0 Å². The van der Waals surface area contributed by atoms with E-state index in [0.717, 1.165) is 18.4 Å². The highest BCUT2D eigenvalue weighted by Gasteiger charge is 2.33. The van der Waals surface area contributed by atoms with Crippen LogP contribution in [0.5, 0.6) is 0 Å². The lowest BCUT2D eigenvalue weighted by molar-refractivity contribution is 0.205. The van der Waals surface area contributed by atoms with E-state index in [2.05, 4.69) is 33.9 Å². The molecule has 0 N–H and O–H groups in total. The van der Waals surface area contributed by atoms with Crippen molar-refractivity contribution in [3.63, 3.8) is 0 Å². The maximum Gasteiger partial charge on any atom is 0.0635 e. The number of halogens is 1. The minimum absolute atomic E-state index is 0.490. The third kappa shape index (κ3) is 3.25. The van der Waals surface area contributed by atoms with Crippen molar-refractivity contribution in [2.75, 3.05) is 25.5 Å². The van der Waals surface area contributed by atoms with Crippen LogP contribution in [0.25, 0.3) is 0 Å². The van der Waals surface area contributed by atoms with Gasteiger partial charge >= 0.3 is 0 Å². The molecule has 0 atom stereocenters. The molecule has 1 aliphatic rings. The first kappa shape index (κ1) is 12.0. The molecule has 2 nitrogen and oxygen atoms in total. The van der Waals surface area contributed by atoms with Crippen molar-refractivity contribution in [3.8, 4) is 6.07 Å². The first-order chi connectivity index (χ1) is 6.72. The lowest BCUT2D eigenvalue weighted by Crippen LogP contribution is -2.35. The van der Waals surface area contributed by atoms with Crippen LogP contribution in [0.4, 0.5) is 0 Å². The van der Waals surface area contributed by atoms with Crippen molar-refractivity contribution in [2.45, 2.75) is 32.1 Å². The molecule has 0 unspecified atom stereocenters. The van der Waals surface area contributed by atoms with Crippen molar-refractivity contribution in [1.29, 1.82) is 5.26 Å². The Morgan fingerprint density at radius 2 is 2.07 bits per heavy atom. The number of nitrogens with zero attached hydrogens (tertiary/aromatic N) is 2. The Morgan fingerprint density at radius 1 is 1.43 bits per heavy atom. The van der Waals surface area contributed by atoms with Crippen molar-refractivity contribution in [2.24, 2.45) is 5.41 Å². The van der Waals surface area contributed by atoms with E-state index in [1.54, 1.807) is 0 Å². The first-order valence-corrected chi connectivity index (χ1v) is 6.46. The maximum absolute atomic E-state index is 8.51. The van der Waals surface area contributed by atoms with Crippen LogP contribution in [0.1, 0.15) is 32.1 Å². The van der Waals surface area contributed by atoms with Gasteiger partial charge in [-0.1, -0.05) is 28.8 Å². The van der Waals surface area contributed by atoms with E-state index in [-0.39, 0.29) is 0 Å². The van der Waals surface area contributed by atoms with Crippen LogP contribution in [0.15, 0.2) is 0 Å². The molecule has 0 saturated heterocycles. The van der Waals surface area contributed by atoms with Crippen LogP contribution in [-0.4, -0.2) is 30.4 Å². The molecule has 1 aliphatic carbocycles. The Labute approximate surface area is 95.4 Å². The van der Waals surface area contributed by atoms with Gasteiger partial charge in [-0.2, -0.15) is 5.26 Å². The van der Waals surface area contributed by atoms with E-state index in [9.17, 15) is 0 Å². The second kappa shape index (κ2) is 5.72. The summed E-state index contributed by atoms with van der Waals surface area (Å²) in [7, 11) is 2.13. The third-order valence-electron chi connectivity index (χ3n) is 3.16. The fourth-order valence-corrected chi connectivity index (χ4v) is 3.09. The SMILES string of the molecule is CN(CCC#N)CC1(CBr)CCCC1. The van der Waals surface area contributed by atoms with Crippen molar-refractivity contribution >= 4 is 15.9 Å². The molecule has 1 fully saturated rings. The summed E-state index contributed by atoms with van der Waals surface area (Å²) in [5.74, 6) is 0. The summed E-state index contributed by atoms with van der Waals surface area (Å²) in [6.07, 6.45) is 6.08. The predicted octanol–water partition coefficient (Wildman–Crippen LogP) is 2.79. The summed E-state index contributed by atoms with van der Waals surface area (Å²) in [6, 6.07) is 2.20. The summed E-state index contributed by atoms with van der Waals surface area (Å²) >= 11 is 3.64. The van der Waals surface area contributed by atoms with Crippen LogP contribution in [-0.2, 0) is 0 Å². The fraction of sp³-hybridized carbons (Fsp3) is 0.909. The molecule has 0 amide bonds. The molecule has 0 radical (unpaired) electrons. The number of nitriles is 1. The van der Waals surface area contributed by atoms with Crippen molar-refractivity contribution in [1.82, 2.24) is 4.90 Å². The molecule has 0 aliphatic heterocycles. The Kier molecular flexibility index (Phi) is 4.91. The highest BCUT2D eigenvalue weighted by Crippen LogP contribution is 2.40. The van der Waals surface area contributed by atoms with Gasteiger partial charge in [-0.05, 0) is 25.3 Å². The van der Waals surface area contributed by atoms with E-state index < -0.39 is 0 Å². The van der Waals surface area contributed by atoms with Gasteiger partial charge in [0, 0.05) is 24.8 Å². The Balaban J connectivity index is 2.36. The Hall–Kier alpha value is -0.0700. The molecule has 0 aromatic carbocycles. The van der Waals surface area contributed by atoms with E-state index in [4.69, 9.17) is 5.26 Å². The highest BCUT2D eigenvalue weighted by molar-refractivity contribution is 9.09. The number of hydrogen-bond donors (Lipinski definition) is 0. The predicted molar refractivity (Wildman–Crippen MR) is 62.4 cm³/mol. The summed E-state index contributed by atoms with van der Waals surface area (Å²) in [4.78, 5) is 2.30. The average molecular weight is 259 g/mol. The molecule has 0 aromatic heterocycles. The third-order valence-corrected chi connectivity index (χ3v) is 4.35. The van der Waals surface area contributed by atoms with Crippen LogP contribution in [0.2, 0.25) is 0 Å². The highest BCUT2D eigenvalue weighted by atomic mass is 79.9. The topological polar surface area (TPSA) is 27.0 Å². The zero-order valence-corrected chi connectivity index (χ0v) is 10.5. The van der Waals surface area contributed by atoms with Gasteiger partial charge in [0.1, 0.15) is 0 Å². The standard InChI is InChI=1S/C11H19BrN2/c1-14(8-4-7-13)10-11(9-12)5-2-3-6-11/h2-6,8-10H2,1H3. The minimum Gasteiger partial charge on any atom is -0.305 e. The molecule has 0 aromatic rings. The summed E-state index contributed by atoms with van der Waals surface area (Å²) in [5, 5.41) is 9.62. The Bertz CT molecular complexity index is 204. The molecular formula is C11H19BrN2. The molecule has 0 heterocycles. The molecule has 14 heavy (non-hydrogen) atoms. The fourth-order valence-electron chi connectivity index (χ4n) is 2.35. The zero-order valence-electron chi connectivity index (χ0n) is 8.93. The van der Waals surface area contributed by atoms with E-state index in [1.807, 2.05) is 0 Å². The summed E-state index contributed by atoms with van der Waals surface area (Å²) < 4.78 is 0. The van der Waals surface area contributed by atoms with Gasteiger partial charge in [-0.25, -0.2) is 0 Å². The first-order valence-electron chi connectivity index (χ1n) is 5.34. The van der Waals surface area contributed by atoms with Crippen LogP contribution in [0.3, 0.4) is 0 Å². The van der Waals surface area contributed by atoms with Gasteiger partial charge in [0.05, 0.1) is 6.07 Å². The second-order valence-corrected chi connectivity index (χ2v) is 5.05. The molecule has 80 valence electrons. The van der Waals surface area contributed by atoms with E-state index >= 15 is 0 Å². The molecule has 1 rings (SSSR count). The smallest absolute Gasteiger partial charge is 0.0635 e. The monoisotopic (exact) mass is 258 g/mol. The normalized spacial score (nSPS) is 19.9. The van der Waals surface area contributed by atoms with Gasteiger partial charge in [0.15, 0.2) is 0 Å². The van der Waals surface area contributed by atoms with Gasteiger partial charge in [0.25, 0.3) is 0 Å². The number of rotatable bonds is 5. The molecular weight excluding hydrogens is 240 g/mol. The van der Waals surface area contributed by atoms with Crippen molar-refractivity contribution in [3.05, 3.63) is 0 Å². The quantitative estimate of drug-likeness (QED) is 0.710. The van der Waals surface area contributed by atoms with Gasteiger partial charge in [-0.3, -0.25) is 0 Å². The number of alkyl halides is 1. The van der Waals surface area contributed by atoms with Crippen molar-refractivity contribution < 1.29 is 0 Å². The maximum atomic E-state index is 8.51. The molecule has 3 heteroatoms. The minimum atomic E-state index is 0.490. The van der Waals surface area contributed by atoms with Gasteiger partial charge in [0.2, 0.25) is 0 Å². The van der Waals surface area contributed by atoms with E-state index in [0.29, 0.717) is 11.8 Å². The largest absolute Gasteiger partial charge is 0.305 e. The number of hydrogen-bond acceptors (Lipinski definition) is 2. The summed E-state index contributed by atoms with van der Waals surface area (Å²) in [5.41, 5.74) is 0.490. The Morgan fingerprint density at radius 3 is 2.57 bits per heavy atom. The average Bonchev–Trinajstić information content (AvgIpc) is 2.64. The van der Waals surface area contributed by atoms with Gasteiger partial charge < -0.3 is 4.90 Å². The van der Waals surface area contributed by atoms with Crippen LogP contribution < -0.4 is 0 Å². The van der Waals surface area contributed by atoms with E-state index in [1.165, 1.54) is 25.7 Å². The molecule has 0 spiro atoms. The second-order valence-electron chi connectivity index (χ2n) is 4.49. The molecule has 0 bridgehead atoms. The van der Waals surface area contributed by atoms with Crippen LogP contribution in [0, 0.1) is 16.7 Å². The van der Waals surface area contributed by atoms with Crippen LogP contribution >= 0.6 is 15.9 Å². The zero-order chi connectivity index (χ0) is 10.4. The molecule has 1 saturated carbocycles. The lowest BCUT2D eigenvalue weighted by Gasteiger charge is -2.31. The lowest BCUT2D eigenvalue weighted by atomic mass is 9.88.